The number of methoxy groups -OCH3 is 3. The van der Waals surface area contributed by atoms with Crippen LogP contribution >= 0.6 is 10.6 Å². The van der Waals surface area contributed by atoms with Crippen LogP contribution < -0.4 is 15.4 Å². The largest absolute Gasteiger partial charge is 0.496 e. The average molecular weight is 563 g/mol. The molecule has 2 aromatic rings. The first-order chi connectivity index (χ1) is 18.6. The molecule has 9 nitrogen and oxygen atoms in total. The lowest BCUT2D eigenvalue weighted by Gasteiger charge is -2.42. The van der Waals surface area contributed by atoms with Gasteiger partial charge in [-0.15, -0.1) is 0 Å². The van der Waals surface area contributed by atoms with E-state index >= 15 is 0 Å². The lowest BCUT2D eigenvalue weighted by atomic mass is 9.88. The number of ether oxygens (including phenoxy) is 3. The molecule has 0 bridgehead atoms. The Bertz CT molecular complexity index is 1130. The van der Waals surface area contributed by atoms with Crippen LogP contribution in [-0.2, 0) is 25.6 Å². The van der Waals surface area contributed by atoms with Gasteiger partial charge in [-0.1, -0.05) is 57.0 Å². The third-order valence-electron chi connectivity index (χ3n) is 7.45. The van der Waals surface area contributed by atoms with Crippen LogP contribution in [-0.4, -0.2) is 59.7 Å². The highest BCUT2D eigenvalue weighted by Crippen LogP contribution is 2.58. The van der Waals surface area contributed by atoms with Crippen LogP contribution in [0.3, 0.4) is 0 Å². The Hall–Kier alpha value is -2.63. The number of nitrogens with one attached hydrogen (secondary N) is 2. The van der Waals surface area contributed by atoms with Crippen molar-refractivity contribution >= 4 is 22.5 Å². The molecule has 39 heavy (non-hydrogen) atoms. The quantitative estimate of drug-likeness (QED) is 0.264. The Kier molecular flexibility index (Phi) is 10.8. The van der Waals surface area contributed by atoms with Crippen LogP contribution in [0.4, 0.5) is 0 Å². The number of carbonyl (C=O) groups is 2. The summed E-state index contributed by atoms with van der Waals surface area (Å²) in [5, 5.41) is 6.88. The van der Waals surface area contributed by atoms with E-state index in [-0.39, 0.29) is 24.8 Å². The number of fused-ring (bicyclic) bond motifs is 1. The number of hydrogen-bond acceptors (Lipinski definition) is 9. The third-order valence-corrected chi connectivity index (χ3v) is 9.46. The number of rotatable bonds is 12. The van der Waals surface area contributed by atoms with Crippen molar-refractivity contribution in [3.8, 4) is 5.75 Å². The molecule has 0 fully saturated rings. The fourth-order valence-electron chi connectivity index (χ4n) is 5.16. The molecule has 1 aliphatic rings. The molecule has 3 rings (SSSR count). The van der Waals surface area contributed by atoms with Gasteiger partial charge in [-0.3, -0.25) is 29.3 Å². The fourth-order valence-corrected chi connectivity index (χ4v) is 7.40. The van der Waals surface area contributed by atoms with Gasteiger partial charge >= 0.3 is 11.9 Å². The Morgan fingerprint density at radius 1 is 1.13 bits per heavy atom. The van der Waals surface area contributed by atoms with Crippen LogP contribution in [0, 0.1) is 0 Å². The first-order valence-corrected chi connectivity index (χ1v) is 15.0. The molecule has 0 aliphatic carbocycles. The van der Waals surface area contributed by atoms with Gasteiger partial charge in [0.05, 0.1) is 44.4 Å². The SMILES string of the molecule is CCCC[C@]1(CC)CS(O)(O)c2cc(CN[C@H](CC(=O)OC)C(=O)OC)c(OC)cc2[C@@H](c2ccccc2)N1. The van der Waals surface area contributed by atoms with E-state index in [4.69, 9.17) is 14.2 Å². The van der Waals surface area contributed by atoms with Crippen LogP contribution in [0.25, 0.3) is 0 Å². The second-order valence-electron chi connectivity index (χ2n) is 9.98. The van der Waals surface area contributed by atoms with Gasteiger partial charge in [0.1, 0.15) is 11.8 Å². The first kappa shape index (κ1) is 30.9. The summed E-state index contributed by atoms with van der Waals surface area (Å²) in [5.41, 5.74) is 1.91. The summed E-state index contributed by atoms with van der Waals surface area (Å²) in [7, 11) is 0.846. The summed E-state index contributed by atoms with van der Waals surface area (Å²) in [5.74, 6) is -0.436. The number of carbonyl (C=O) groups excluding carboxylic acids is 2. The van der Waals surface area contributed by atoms with Gasteiger partial charge in [-0.05, 0) is 30.5 Å². The van der Waals surface area contributed by atoms with E-state index in [1.165, 1.54) is 14.2 Å². The molecule has 1 aliphatic heterocycles. The molecule has 4 N–H and O–H groups in total. The molecule has 0 spiro atoms. The molecular formula is C29H42N2O7S. The maximum absolute atomic E-state index is 12.3. The van der Waals surface area contributed by atoms with Gasteiger partial charge in [-0.2, -0.15) is 10.6 Å². The van der Waals surface area contributed by atoms with Gasteiger partial charge in [0.15, 0.2) is 0 Å². The van der Waals surface area contributed by atoms with Crippen molar-refractivity contribution in [2.45, 2.75) is 75.0 Å². The van der Waals surface area contributed by atoms with Gasteiger partial charge in [0.2, 0.25) is 0 Å². The van der Waals surface area contributed by atoms with E-state index in [0.717, 1.165) is 36.8 Å². The summed E-state index contributed by atoms with van der Waals surface area (Å²) in [6.07, 6.45) is 3.30. The van der Waals surface area contributed by atoms with E-state index < -0.39 is 34.1 Å². The molecule has 3 atom stereocenters. The van der Waals surface area contributed by atoms with Crippen LogP contribution in [0.2, 0.25) is 0 Å². The number of benzene rings is 2. The van der Waals surface area contributed by atoms with E-state index in [0.29, 0.717) is 16.2 Å². The number of esters is 2. The van der Waals surface area contributed by atoms with Crippen LogP contribution in [0.1, 0.15) is 68.7 Å². The van der Waals surface area contributed by atoms with Crippen LogP contribution in [0.15, 0.2) is 47.4 Å². The fraction of sp³-hybridized carbons (Fsp3) is 0.517. The van der Waals surface area contributed by atoms with Crippen LogP contribution in [0.5, 0.6) is 5.75 Å². The van der Waals surface area contributed by atoms with Gasteiger partial charge in [-0.25, -0.2) is 0 Å². The monoisotopic (exact) mass is 562 g/mol. The summed E-state index contributed by atoms with van der Waals surface area (Å²) in [4.78, 5) is 24.6. The predicted molar refractivity (Wildman–Crippen MR) is 152 cm³/mol. The second-order valence-corrected chi connectivity index (χ2v) is 12.0. The molecule has 10 heteroatoms. The molecule has 1 heterocycles. The maximum atomic E-state index is 12.3. The van der Waals surface area contributed by atoms with Crippen molar-refractivity contribution in [2.75, 3.05) is 27.1 Å². The zero-order chi connectivity index (χ0) is 28.6. The molecule has 216 valence electrons. The molecular weight excluding hydrogens is 520 g/mol. The number of hydrogen-bond donors (Lipinski definition) is 4. The average Bonchev–Trinajstić information content (AvgIpc) is 3.05. The summed E-state index contributed by atoms with van der Waals surface area (Å²) >= 11 is 0. The standard InChI is InChI=1S/C29H42N2O7S/c1-6-8-14-29(7-2)19-39(34,35)25-15-21(18-30-23(28(33)38-5)17-26(32)37-4)24(36-3)16-22(25)27(31-29)20-12-10-9-11-13-20/h9-13,15-16,23,27,30-31,34-35H,6-8,14,17-19H2,1-5H3/t23-,27-,29-/m1/s1. The Balaban J connectivity index is 2.10. The summed E-state index contributed by atoms with van der Waals surface area (Å²) < 4.78 is 38.7. The molecule has 0 radical (unpaired) electrons. The van der Waals surface area contributed by atoms with E-state index in [1.54, 1.807) is 13.2 Å². The predicted octanol–water partition coefficient (Wildman–Crippen LogP) is 5.03. The second kappa shape index (κ2) is 13.6. The van der Waals surface area contributed by atoms with Gasteiger partial charge in [0, 0.05) is 23.2 Å². The normalized spacial score (nSPS) is 21.7. The minimum Gasteiger partial charge on any atom is -0.496 e. The minimum atomic E-state index is -3.21. The summed E-state index contributed by atoms with van der Waals surface area (Å²) in [6, 6.07) is 12.4. The summed E-state index contributed by atoms with van der Waals surface area (Å²) in [6.45, 7) is 4.34. The minimum absolute atomic E-state index is 0.126. The highest BCUT2D eigenvalue weighted by molar-refractivity contribution is 8.24. The smallest absolute Gasteiger partial charge is 0.323 e. The first-order valence-electron chi connectivity index (χ1n) is 13.3. The lowest BCUT2D eigenvalue weighted by Crippen LogP contribution is -2.49. The lowest BCUT2D eigenvalue weighted by molar-refractivity contribution is -0.149. The van der Waals surface area contributed by atoms with Gasteiger partial charge in [0.25, 0.3) is 0 Å². The van der Waals surface area contributed by atoms with Crippen molar-refractivity contribution in [1.29, 1.82) is 0 Å². The Morgan fingerprint density at radius 3 is 2.44 bits per heavy atom. The van der Waals surface area contributed by atoms with Crippen molar-refractivity contribution in [3.05, 3.63) is 59.2 Å². The third kappa shape index (κ3) is 7.32. The van der Waals surface area contributed by atoms with E-state index in [1.807, 2.05) is 36.4 Å². The maximum Gasteiger partial charge on any atom is 0.323 e. The molecule has 0 unspecified atom stereocenters. The molecule has 0 saturated heterocycles. The highest BCUT2D eigenvalue weighted by Gasteiger charge is 2.42. The highest BCUT2D eigenvalue weighted by atomic mass is 32.3. The van der Waals surface area contributed by atoms with E-state index in [2.05, 4.69) is 24.5 Å². The number of unbranched alkanes of at least 4 members (excludes halogenated alkanes) is 1. The molecule has 0 saturated carbocycles. The molecule has 2 aromatic carbocycles. The molecule has 0 amide bonds. The Labute approximate surface area is 233 Å². The Morgan fingerprint density at radius 2 is 1.85 bits per heavy atom. The zero-order valence-corrected chi connectivity index (χ0v) is 24.3. The van der Waals surface area contributed by atoms with Crippen molar-refractivity contribution in [1.82, 2.24) is 10.6 Å². The van der Waals surface area contributed by atoms with Crippen molar-refractivity contribution in [2.24, 2.45) is 0 Å². The molecule has 0 aromatic heterocycles. The topological polar surface area (TPSA) is 126 Å². The van der Waals surface area contributed by atoms with Crippen molar-refractivity contribution < 1.29 is 32.9 Å². The van der Waals surface area contributed by atoms with Gasteiger partial charge < -0.3 is 14.2 Å². The van der Waals surface area contributed by atoms with Crippen molar-refractivity contribution in [3.63, 3.8) is 0 Å². The van der Waals surface area contributed by atoms with E-state index in [9.17, 15) is 18.7 Å². The zero-order valence-electron chi connectivity index (χ0n) is 23.5.